The van der Waals surface area contributed by atoms with Crippen molar-refractivity contribution in [3.63, 3.8) is 0 Å². The maximum absolute atomic E-state index is 11.0. The van der Waals surface area contributed by atoms with E-state index in [1.165, 1.54) is 3.58 Å². The van der Waals surface area contributed by atoms with Crippen LogP contribution in [0.15, 0.2) is 18.3 Å². The van der Waals surface area contributed by atoms with Crippen molar-refractivity contribution in [1.29, 1.82) is 0 Å². The van der Waals surface area contributed by atoms with Gasteiger partial charge in [-0.05, 0) is 0 Å². The van der Waals surface area contributed by atoms with Crippen LogP contribution in [0.3, 0.4) is 0 Å². The maximum atomic E-state index is 11.0. The minimum absolute atomic E-state index is 0.179. The second kappa shape index (κ2) is 4.43. The van der Waals surface area contributed by atoms with E-state index in [0.29, 0.717) is 6.42 Å². The van der Waals surface area contributed by atoms with Gasteiger partial charge in [-0.3, -0.25) is 0 Å². The van der Waals surface area contributed by atoms with E-state index in [9.17, 15) is 4.79 Å². The van der Waals surface area contributed by atoms with Crippen molar-refractivity contribution in [2.75, 3.05) is 0 Å². The third-order valence-electron chi connectivity index (χ3n) is 2.11. The Morgan fingerprint density at radius 2 is 2.07 bits per heavy atom. The van der Waals surface area contributed by atoms with Gasteiger partial charge < -0.3 is 0 Å². The van der Waals surface area contributed by atoms with Gasteiger partial charge in [0, 0.05) is 0 Å². The number of nitrogens with zero attached hydrogens (tertiary/aromatic N) is 1. The Labute approximate surface area is 89.6 Å². The fourth-order valence-electron chi connectivity index (χ4n) is 1.30. The number of rotatable bonds is 3. The molecule has 0 spiro atoms. The molecule has 0 atom stereocenters. The number of pyridine rings is 1. The standard InChI is InChI=1S/C8H8NO.3CH3.Sn/c1-7(10)6-8-4-2-3-5-9-8;;;;/h3-5H,6H2,1H3;3*1H3;. The van der Waals surface area contributed by atoms with Gasteiger partial charge in [0.25, 0.3) is 0 Å². The summed E-state index contributed by atoms with van der Waals surface area (Å²) in [6, 6.07) is 4.21. The predicted octanol–water partition coefficient (Wildman–Crippen LogP) is 1.76. The molecule has 1 aromatic heterocycles. The summed E-state index contributed by atoms with van der Waals surface area (Å²) in [4.78, 5) is 22.2. The van der Waals surface area contributed by atoms with Gasteiger partial charge in [-0.25, -0.2) is 0 Å². The van der Waals surface area contributed by atoms with Crippen LogP contribution < -0.4 is 3.58 Å². The Bertz CT molecular complexity index is 341. The van der Waals surface area contributed by atoms with Gasteiger partial charge in [-0.2, -0.15) is 0 Å². The molecular formula is C11H17NOSn. The summed E-state index contributed by atoms with van der Waals surface area (Å²) in [5.74, 6) is 0.179. The molecule has 0 fully saturated rings. The van der Waals surface area contributed by atoms with E-state index >= 15 is 0 Å². The fraction of sp³-hybridized carbons (Fsp3) is 0.455. The Morgan fingerprint density at radius 3 is 2.57 bits per heavy atom. The number of ketones is 1. The summed E-state index contributed by atoms with van der Waals surface area (Å²) >= 11 is -1.98. The molecule has 0 saturated heterocycles. The second-order valence-corrected chi connectivity index (χ2v) is 19.2. The summed E-state index contributed by atoms with van der Waals surface area (Å²) in [6.07, 6.45) is 2.30. The molecule has 0 aliphatic rings. The monoisotopic (exact) mass is 299 g/mol. The molecule has 0 bridgehead atoms. The third kappa shape index (κ3) is 3.40. The van der Waals surface area contributed by atoms with Crippen molar-refractivity contribution in [1.82, 2.24) is 4.98 Å². The topological polar surface area (TPSA) is 30.0 Å². The molecule has 76 valence electrons. The van der Waals surface area contributed by atoms with E-state index in [-0.39, 0.29) is 5.78 Å². The quantitative estimate of drug-likeness (QED) is 0.796. The fourth-order valence-corrected chi connectivity index (χ4v) is 4.65. The van der Waals surface area contributed by atoms with Gasteiger partial charge in [0.05, 0.1) is 0 Å². The van der Waals surface area contributed by atoms with Crippen LogP contribution in [0.2, 0.25) is 14.8 Å². The zero-order chi connectivity index (χ0) is 10.8. The number of hydrogen-bond acceptors (Lipinski definition) is 2. The number of hydrogen-bond donors (Lipinski definition) is 0. The zero-order valence-corrected chi connectivity index (χ0v) is 12.1. The van der Waals surface area contributed by atoms with Gasteiger partial charge >= 0.3 is 89.7 Å². The first-order valence-electron chi connectivity index (χ1n) is 4.84. The van der Waals surface area contributed by atoms with Crippen LogP contribution >= 0.6 is 0 Å². The number of Topliss-reactive ketones (excluding diaryl/α,β-unsaturated/α-hetero) is 1. The van der Waals surface area contributed by atoms with Gasteiger partial charge in [0.1, 0.15) is 0 Å². The molecule has 0 radical (unpaired) electrons. The Balaban J connectivity index is 2.95. The van der Waals surface area contributed by atoms with Gasteiger partial charge in [-0.15, -0.1) is 0 Å². The molecule has 0 amide bonds. The SMILES string of the molecule is CC(=O)Cc1c[c]([Sn]([CH3])([CH3])[CH3])ccn1. The molecule has 2 nitrogen and oxygen atoms in total. The molecule has 0 saturated carbocycles. The molecule has 1 aromatic rings. The zero-order valence-electron chi connectivity index (χ0n) is 9.29. The average Bonchev–Trinajstić information content (AvgIpc) is 2.01. The minimum atomic E-state index is -1.98. The molecule has 0 aromatic carbocycles. The van der Waals surface area contributed by atoms with Crippen molar-refractivity contribution in [3.05, 3.63) is 24.0 Å². The number of aromatic nitrogens is 1. The van der Waals surface area contributed by atoms with Crippen molar-refractivity contribution in [2.45, 2.75) is 28.2 Å². The van der Waals surface area contributed by atoms with Crippen LogP contribution in [0.5, 0.6) is 0 Å². The summed E-state index contributed by atoms with van der Waals surface area (Å²) in [7, 11) is 0. The van der Waals surface area contributed by atoms with Gasteiger partial charge in [-0.1, -0.05) is 0 Å². The normalized spacial score (nSPS) is 11.4. The number of carbonyl (C=O) groups excluding carboxylic acids is 1. The van der Waals surface area contributed by atoms with Crippen molar-refractivity contribution in [3.8, 4) is 0 Å². The average molecular weight is 298 g/mol. The summed E-state index contributed by atoms with van der Waals surface area (Å²) < 4.78 is 1.44. The molecule has 0 N–H and O–H groups in total. The number of carbonyl (C=O) groups is 1. The van der Waals surface area contributed by atoms with Crippen LogP contribution in [0.1, 0.15) is 12.6 Å². The first-order valence-corrected chi connectivity index (χ1v) is 14.8. The van der Waals surface area contributed by atoms with E-state index in [1.807, 2.05) is 6.20 Å². The van der Waals surface area contributed by atoms with E-state index in [2.05, 4.69) is 31.9 Å². The first kappa shape index (κ1) is 11.7. The van der Waals surface area contributed by atoms with Crippen LogP contribution in [-0.4, -0.2) is 29.1 Å². The summed E-state index contributed by atoms with van der Waals surface area (Å²) in [5, 5.41) is 0. The van der Waals surface area contributed by atoms with Crippen LogP contribution in [0.4, 0.5) is 0 Å². The molecular weight excluding hydrogens is 281 g/mol. The van der Waals surface area contributed by atoms with Crippen LogP contribution in [0.25, 0.3) is 0 Å². The molecule has 14 heavy (non-hydrogen) atoms. The summed E-state index contributed by atoms with van der Waals surface area (Å²) in [5.41, 5.74) is 0.918. The molecule has 1 heterocycles. The van der Waals surface area contributed by atoms with Crippen molar-refractivity contribution >= 4 is 27.7 Å². The van der Waals surface area contributed by atoms with Crippen LogP contribution in [-0.2, 0) is 11.2 Å². The third-order valence-corrected chi connectivity index (χ3v) is 7.94. The first-order chi connectivity index (χ1) is 6.39. The molecule has 3 heteroatoms. The van der Waals surface area contributed by atoms with E-state index < -0.39 is 18.4 Å². The van der Waals surface area contributed by atoms with E-state index in [0.717, 1.165) is 5.69 Å². The second-order valence-electron chi connectivity index (χ2n) is 4.66. The Morgan fingerprint density at radius 1 is 1.43 bits per heavy atom. The molecule has 1 rings (SSSR count). The summed E-state index contributed by atoms with van der Waals surface area (Å²) in [6.45, 7) is 1.61. The molecule has 0 aliphatic heterocycles. The molecule has 0 aliphatic carbocycles. The van der Waals surface area contributed by atoms with E-state index in [4.69, 9.17) is 0 Å². The van der Waals surface area contributed by atoms with Gasteiger partial charge in [0.15, 0.2) is 0 Å². The van der Waals surface area contributed by atoms with Crippen molar-refractivity contribution in [2.24, 2.45) is 0 Å². The Kier molecular flexibility index (Phi) is 3.70. The predicted molar refractivity (Wildman–Crippen MR) is 61.6 cm³/mol. The molecule has 0 unspecified atom stereocenters. The van der Waals surface area contributed by atoms with Gasteiger partial charge in [0.2, 0.25) is 0 Å². The van der Waals surface area contributed by atoms with Crippen LogP contribution in [0, 0.1) is 0 Å². The van der Waals surface area contributed by atoms with Crippen molar-refractivity contribution < 1.29 is 4.79 Å². The van der Waals surface area contributed by atoms with E-state index in [1.54, 1.807) is 6.92 Å². The Hall–Kier alpha value is -0.381.